The molecule has 3 heteroatoms. The quantitative estimate of drug-likeness (QED) is 0.463. The molecule has 0 aliphatic carbocycles. The lowest BCUT2D eigenvalue weighted by atomic mass is 9.89. The first-order chi connectivity index (χ1) is 4.77. The van der Waals surface area contributed by atoms with Gasteiger partial charge in [-0.1, -0.05) is 6.92 Å². The molecule has 0 spiro atoms. The summed E-state index contributed by atoms with van der Waals surface area (Å²) < 4.78 is 5.07. The molecule has 3 nitrogen and oxygen atoms in total. The van der Waals surface area contributed by atoms with Gasteiger partial charge < -0.3 is 9.57 Å². The fourth-order valence-electron chi connectivity index (χ4n) is 0.880. The molecule has 1 saturated heterocycles. The van der Waals surface area contributed by atoms with Gasteiger partial charge in [0.1, 0.15) is 0 Å². The largest absolute Gasteiger partial charge is 0.380 e. The van der Waals surface area contributed by atoms with E-state index in [1.54, 1.807) is 0 Å². The predicted octanol–water partition coefficient (Wildman–Crippen LogP) is 0.564. The van der Waals surface area contributed by atoms with Crippen LogP contribution in [0.2, 0.25) is 0 Å². The predicted molar refractivity (Wildman–Crippen MR) is 38.6 cm³/mol. The van der Waals surface area contributed by atoms with Crippen LogP contribution in [0.5, 0.6) is 0 Å². The van der Waals surface area contributed by atoms with Crippen molar-refractivity contribution in [2.75, 3.05) is 26.4 Å². The van der Waals surface area contributed by atoms with E-state index in [0.29, 0.717) is 5.41 Å². The second-order valence-electron chi connectivity index (χ2n) is 3.06. The normalized spacial score (nSPS) is 22.2. The van der Waals surface area contributed by atoms with Crippen LogP contribution in [0, 0.1) is 5.41 Å². The van der Waals surface area contributed by atoms with E-state index in [4.69, 9.17) is 9.57 Å². The average molecular weight is 145 g/mol. The smallest absolute Gasteiger partial charge is 0.0653 e. The molecule has 1 aliphatic rings. The lowest BCUT2D eigenvalue weighted by molar-refractivity contribution is -0.118. The van der Waals surface area contributed by atoms with Gasteiger partial charge in [-0.2, -0.15) is 0 Å². The molecule has 60 valence electrons. The summed E-state index contributed by atoms with van der Waals surface area (Å²) in [6, 6.07) is 0. The zero-order chi connectivity index (χ0) is 7.45. The van der Waals surface area contributed by atoms with Crippen molar-refractivity contribution in [2.45, 2.75) is 13.8 Å². The minimum Gasteiger partial charge on any atom is -0.380 e. The van der Waals surface area contributed by atoms with Crippen LogP contribution in [0.15, 0.2) is 0 Å². The number of hydrogen-bond donors (Lipinski definition) is 1. The van der Waals surface area contributed by atoms with Crippen molar-refractivity contribution >= 4 is 0 Å². The van der Waals surface area contributed by atoms with Gasteiger partial charge in [-0.25, -0.2) is 5.48 Å². The summed E-state index contributed by atoms with van der Waals surface area (Å²) in [6.45, 7) is 7.47. The Morgan fingerprint density at radius 1 is 1.60 bits per heavy atom. The third-order valence-corrected chi connectivity index (χ3v) is 1.65. The molecule has 0 aromatic carbocycles. The standard InChI is InChI=1S/C7H15NO2/c1-3-10-8-4-7(2)5-9-6-7/h8H,3-6H2,1-2H3. The highest BCUT2D eigenvalue weighted by Gasteiger charge is 2.32. The number of hydroxylamine groups is 1. The van der Waals surface area contributed by atoms with E-state index >= 15 is 0 Å². The lowest BCUT2D eigenvalue weighted by Crippen LogP contribution is -2.47. The highest BCUT2D eigenvalue weighted by molar-refractivity contribution is 4.81. The molecular formula is C7H15NO2. The third-order valence-electron chi connectivity index (χ3n) is 1.65. The Labute approximate surface area is 61.7 Å². The summed E-state index contributed by atoms with van der Waals surface area (Å²) >= 11 is 0. The van der Waals surface area contributed by atoms with Gasteiger partial charge in [0.15, 0.2) is 0 Å². The first-order valence-corrected chi connectivity index (χ1v) is 3.69. The molecule has 0 atom stereocenters. The van der Waals surface area contributed by atoms with Crippen LogP contribution in [0.1, 0.15) is 13.8 Å². The van der Waals surface area contributed by atoms with Crippen LogP contribution in [-0.4, -0.2) is 26.4 Å². The first kappa shape index (κ1) is 7.98. The Balaban J connectivity index is 2.01. The highest BCUT2D eigenvalue weighted by atomic mass is 16.6. The van der Waals surface area contributed by atoms with Crippen molar-refractivity contribution in [3.63, 3.8) is 0 Å². The summed E-state index contributed by atoms with van der Waals surface area (Å²) in [5.74, 6) is 0. The summed E-state index contributed by atoms with van der Waals surface area (Å²) in [6.07, 6.45) is 0. The van der Waals surface area contributed by atoms with Gasteiger partial charge in [-0.15, -0.1) is 0 Å². The van der Waals surface area contributed by atoms with E-state index in [-0.39, 0.29) is 0 Å². The van der Waals surface area contributed by atoms with Gasteiger partial charge in [0.05, 0.1) is 19.8 Å². The monoisotopic (exact) mass is 145 g/mol. The fraction of sp³-hybridized carbons (Fsp3) is 1.00. The van der Waals surface area contributed by atoms with E-state index in [9.17, 15) is 0 Å². The Hall–Kier alpha value is -0.120. The van der Waals surface area contributed by atoms with E-state index in [1.807, 2.05) is 6.92 Å². The molecule has 10 heavy (non-hydrogen) atoms. The van der Waals surface area contributed by atoms with Crippen molar-refractivity contribution in [1.29, 1.82) is 0 Å². The minimum absolute atomic E-state index is 0.315. The molecule has 0 saturated carbocycles. The zero-order valence-corrected chi connectivity index (χ0v) is 6.64. The molecule has 1 aliphatic heterocycles. The van der Waals surface area contributed by atoms with Crippen LogP contribution in [0.3, 0.4) is 0 Å². The SMILES string of the molecule is CCONCC1(C)COC1. The second kappa shape index (κ2) is 3.32. The van der Waals surface area contributed by atoms with E-state index in [2.05, 4.69) is 12.4 Å². The van der Waals surface area contributed by atoms with Gasteiger partial charge in [-0.3, -0.25) is 0 Å². The molecule has 1 fully saturated rings. The molecule has 0 radical (unpaired) electrons. The third kappa shape index (κ3) is 1.94. The molecule has 1 N–H and O–H groups in total. The summed E-state index contributed by atoms with van der Waals surface area (Å²) in [5.41, 5.74) is 3.21. The van der Waals surface area contributed by atoms with Crippen LogP contribution in [0.4, 0.5) is 0 Å². The van der Waals surface area contributed by atoms with Crippen molar-refractivity contribution in [3.8, 4) is 0 Å². The number of ether oxygens (including phenoxy) is 1. The van der Waals surface area contributed by atoms with E-state index in [1.165, 1.54) is 0 Å². The van der Waals surface area contributed by atoms with Gasteiger partial charge in [0.25, 0.3) is 0 Å². The highest BCUT2D eigenvalue weighted by Crippen LogP contribution is 2.24. The zero-order valence-electron chi connectivity index (χ0n) is 6.64. The number of hydrogen-bond acceptors (Lipinski definition) is 3. The number of rotatable bonds is 4. The number of nitrogens with one attached hydrogen (secondary N) is 1. The van der Waals surface area contributed by atoms with Gasteiger partial charge in [0.2, 0.25) is 0 Å². The van der Waals surface area contributed by atoms with Crippen molar-refractivity contribution < 1.29 is 9.57 Å². The maximum atomic E-state index is 5.07. The van der Waals surface area contributed by atoms with E-state index < -0.39 is 0 Å². The van der Waals surface area contributed by atoms with Crippen LogP contribution in [-0.2, 0) is 9.57 Å². The molecule has 0 bridgehead atoms. The van der Waals surface area contributed by atoms with Gasteiger partial charge >= 0.3 is 0 Å². The summed E-state index contributed by atoms with van der Waals surface area (Å²) in [5, 5.41) is 0. The van der Waals surface area contributed by atoms with E-state index in [0.717, 1.165) is 26.4 Å². The molecule has 1 rings (SSSR count). The van der Waals surface area contributed by atoms with Gasteiger partial charge in [0, 0.05) is 12.0 Å². The molecule has 1 heterocycles. The molecule has 0 amide bonds. The topological polar surface area (TPSA) is 30.5 Å². The maximum Gasteiger partial charge on any atom is 0.0653 e. The Bertz CT molecular complexity index is 102. The summed E-state index contributed by atoms with van der Waals surface area (Å²) in [4.78, 5) is 5.00. The van der Waals surface area contributed by atoms with Crippen LogP contribution < -0.4 is 5.48 Å². The second-order valence-corrected chi connectivity index (χ2v) is 3.06. The summed E-state index contributed by atoms with van der Waals surface area (Å²) in [7, 11) is 0. The van der Waals surface area contributed by atoms with Crippen molar-refractivity contribution in [1.82, 2.24) is 5.48 Å². The maximum absolute atomic E-state index is 5.07. The van der Waals surface area contributed by atoms with Crippen LogP contribution >= 0.6 is 0 Å². The minimum atomic E-state index is 0.315. The first-order valence-electron chi connectivity index (χ1n) is 3.69. The Morgan fingerprint density at radius 3 is 2.70 bits per heavy atom. The van der Waals surface area contributed by atoms with Crippen LogP contribution in [0.25, 0.3) is 0 Å². The molecule has 0 aromatic heterocycles. The molecule has 0 unspecified atom stereocenters. The van der Waals surface area contributed by atoms with Crippen molar-refractivity contribution in [3.05, 3.63) is 0 Å². The van der Waals surface area contributed by atoms with Crippen molar-refractivity contribution in [2.24, 2.45) is 5.41 Å². The fourth-order valence-corrected chi connectivity index (χ4v) is 0.880. The molecule has 0 aromatic rings. The lowest BCUT2D eigenvalue weighted by Gasteiger charge is -2.37. The average Bonchev–Trinajstić information content (AvgIpc) is 1.85. The Morgan fingerprint density at radius 2 is 2.30 bits per heavy atom. The molecular weight excluding hydrogens is 130 g/mol. The Kier molecular flexibility index (Phi) is 2.65. The van der Waals surface area contributed by atoms with Gasteiger partial charge in [-0.05, 0) is 6.92 Å².